The molecule has 0 aromatic heterocycles. The van der Waals surface area contributed by atoms with Crippen molar-refractivity contribution in [2.45, 2.75) is 31.4 Å². The lowest BCUT2D eigenvalue weighted by molar-refractivity contribution is 0.0577. The van der Waals surface area contributed by atoms with Gasteiger partial charge in [-0.2, -0.15) is 0 Å². The Hall–Kier alpha value is -0.860. The molecule has 2 bridgehead atoms. The number of benzene rings is 1. The summed E-state index contributed by atoms with van der Waals surface area (Å²) in [6.45, 7) is 2.30. The monoisotopic (exact) mass is 217 g/mol. The van der Waals surface area contributed by atoms with Crippen LogP contribution in [0.1, 0.15) is 18.4 Å². The first-order valence-electron chi connectivity index (χ1n) is 6.29. The number of likely N-dealkylation sites (tertiary alicyclic amines) is 1. The van der Waals surface area contributed by atoms with Gasteiger partial charge in [-0.15, -0.1) is 0 Å². The molecular weight excluding hydrogens is 198 g/mol. The Morgan fingerprint density at radius 2 is 2.00 bits per heavy atom. The van der Waals surface area contributed by atoms with Crippen molar-refractivity contribution in [1.29, 1.82) is 0 Å². The zero-order chi connectivity index (χ0) is 11.0. The highest BCUT2D eigenvalue weighted by Gasteiger charge is 2.43. The zero-order valence-electron chi connectivity index (χ0n) is 9.55. The summed E-state index contributed by atoms with van der Waals surface area (Å²) in [7, 11) is 0. The molecule has 16 heavy (non-hydrogen) atoms. The van der Waals surface area contributed by atoms with Gasteiger partial charge in [-0.1, -0.05) is 30.3 Å². The fourth-order valence-corrected chi connectivity index (χ4v) is 3.28. The molecule has 1 N–H and O–H groups in total. The van der Waals surface area contributed by atoms with Gasteiger partial charge in [-0.3, -0.25) is 4.90 Å². The molecule has 1 aromatic rings. The first-order chi connectivity index (χ1) is 7.83. The second-order valence-corrected chi connectivity index (χ2v) is 5.20. The van der Waals surface area contributed by atoms with Gasteiger partial charge in [0.05, 0.1) is 6.10 Å². The lowest BCUT2D eigenvalue weighted by Crippen LogP contribution is -2.41. The number of aliphatic hydroxyl groups excluding tert-OH is 1. The summed E-state index contributed by atoms with van der Waals surface area (Å²) < 4.78 is 0. The van der Waals surface area contributed by atoms with Crippen LogP contribution in [0, 0.1) is 5.92 Å². The molecular formula is C14H19NO. The fraction of sp³-hybridized carbons (Fsp3) is 0.571. The average molecular weight is 217 g/mol. The summed E-state index contributed by atoms with van der Waals surface area (Å²) in [5.41, 5.74) is 1.40. The topological polar surface area (TPSA) is 23.5 Å². The van der Waals surface area contributed by atoms with E-state index in [1.807, 2.05) is 0 Å². The number of aliphatic hydroxyl groups is 1. The van der Waals surface area contributed by atoms with Gasteiger partial charge in [0.25, 0.3) is 0 Å². The van der Waals surface area contributed by atoms with Gasteiger partial charge >= 0.3 is 0 Å². The van der Waals surface area contributed by atoms with Crippen molar-refractivity contribution in [1.82, 2.24) is 4.90 Å². The molecule has 3 atom stereocenters. The van der Waals surface area contributed by atoms with Crippen molar-refractivity contribution < 1.29 is 5.11 Å². The number of rotatable bonds is 3. The van der Waals surface area contributed by atoms with Crippen LogP contribution in [0.15, 0.2) is 30.3 Å². The second kappa shape index (κ2) is 4.19. The summed E-state index contributed by atoms with van der Waals surface area (Å²) in [6, 6.07) is 11.1. The van der Waals surface area contributed by atoms with Crippen LogP contribution in [0.3, 0.4) is 0 Å². The predicted molar refractivity (Wildman–Crippen MR) is 64.2 cm³/mol. The molecule has 1 saturated heterocycles. The summed E-state index contributed by atoms with van der Waals surface area (Å²) >= 11 is 0. The van der Waals surface area contributed by atoms with Gasteiger partial charge < -0.3 is 5.11 Å². The third-order valence-electron chi connectivity index (χ3n) is 4.09. The minimum Gasteiger partial charge on any atom is -0.391 e. The van der Waals surface area contributed by atoms with E-state index in [2.05, 4.69) is 35.2 Å². The van der Waals surface area contributed by atoms with E-state index in [4.69, 9.17) is 0 Å². The summed E-state index contributed by atoms with van der Waals surface area (Å²) in [5, 5.41) is 9.85. The number of fused-ring (bicyclic) bond motifs is 2. The van der Waals surface area contributed by atoms with Crippen LogP contribution in [0.5, 0.6) is 0 Å². The first-order valence-corrected chi connectivity index (χ1v) is 6.29. The normalized spacial score (nSPS) is 33.4. The van der Waals surface area contributed by atoms with Gasteiger partial charge in [0.2, 0.25) is 0 Å². The Morgan fingerprint density at radius 1 is 1.19 bits per heavy atom. The molecule has 0 radical (unpaired) electrons. The quantitative estimate of drug-likeness (QED) is 0.832. The Morgan fingerprint density at radius 3 is 2.69 bits per heavy atom. The maximum atomic E-state index is 9.85. The molecule has 2 heteroatoms. The van der Waals surface area contributed by atoms with Crippen molar-refractivity contribution in [2.75, 3.05) is 13.1 Å². The molecule has 1 aliphatic heterocycles. The van der Waals surface area contributed by atoms with E-state index in [1.54, 1.807) is 0 Å². The van der Waals surface area contributed by atoms with Gasteiger partial charge in [0, 0.05) is 19.1 Å². The van der Waals surface area contributed by atoms with Gasteiger partial charge in [-0.25, -0.2) is 0 Å². The van der Waals surface area contributed by atoms with Crippen molar-refractivity contribution >= 4 is 0 Å². The highest BCUT2D eigenvalue weighted by atomic mass is 16.3. The largest absolute Gasteiger partial charge is 0.391 e. The van der Waals surface area contributed by atoms with E-state index in [0.29, 0.717) is 6.04 Å². The molecule has 0 amide bonds. The van der Waals surface area contributed by atoms with Crippen LogP contribution in [-0.4, -0.2) is 35.2 Å². The molecule has 1 saturated carbocycles. The molecule has 0 spiro atoms. The van der Waals surface area contributed by atoms with Gasteiger partial charge in [0.1, 0.15) is 0 Å². The highest BCUT2D eigenvalue weighted by Crippen LogP contribution is 2.37. The van der Waals surface area contributed by atoms with E-state index in [1.165, 1.54) is 18.5 Å². The van der Waals surface area contributed by atoms with E-state index in [-0.39, 0.29) is 6.10 Å². The van der Waals surface area contributed by atoms with E-state index >= 15 is 0 Å². The maximum absolute atomic E-state index is 9.85. The number of hydrogen-bond donors (Lipinski definition) is 1. The summed E-state index contributed by atoms with van der Waals surface area (Å²) in [6.07, 6.45) is 3.30. The average Bonchev–Trinajstić information content (AvgIpc) is 2.86. The molecule has 2 nitrogen and oxygen atoms in total. The van der Waals surface area contributed by atoms with Gasteiger partial charge in [-0.05, 0) is 30.7 Å². The zero-order valence-corrected chi connectivity index (χ0v) is 9.55. The van der Waals surface area contributed by atoms with Crippen LogP contribution in [-0.2, 0) is 6.42 Å². The third kappa shape index (κ3) is 1.87. The number of hydrogen-bond acceptors (Lipinski definition) is 2. The molecule has 0 unspecified atom stereocenters. The minimum atomic E-state index is -0.0606. The Kier molecular flexibility index (Phi) is 2.70. The molecule has 1 heterocycles. The Bertz CT molecular complexity index is 351. The molecule has 86 valence electrons. The first kappa shape index (κ1) is 10.3. The minimum absolute atomic E-state index is 0.0606. The number of piperidine rings is 1. The van der Waals surface area contributed by atoms with Crippen LogP contribution in [0.2, 0.25) is 0 Å². The molecule has 2 aliphatic rings. The number of nitrogens with zero attached hydrogens (tertiary/aromatic N) is 1. The maximum Gasteiger partial charge on any atom is 0.0698 e. The Labute approximate surface area is 96.9 Å². The summed E-state index contributed by atoms with van der Waals surface area (Å²) in [5.74, 6) is 0.760. The second-order valence-electron chi connectivity index (χ2n) is 5.20. The van der Waals surface area contributed by atoms with Crippen LogP contribution >= 0.6 is 0 Å². The van der Waals surface area contributed by atoms with Crippen LogP contribution < -0.4 is 0 Å². The highest BCUT2D eigenvalue weighted by molar-refractivity contribution is 5.15. The molecule has 2 fully saturated rings. The molecule has 1 aliphatic carbocycles. The van der Waals surface area contributed by atoms with Crippen molar-refractivity contribution in [3.05, 3.63) is 35.9 Å². The SMILES string of the molecule is O[C@H]1C[C@@H]2C[C@H]1N(CCc1ccccc1)C2. The van der Waals surface area contributed by atoms with E-state index < -0.39 is 0 Å². The van der Waals surface area contributed by atoms with E-state index in [9.17, 15) is 5.11 Å². The lowest BCUT2D eigenvalue weighted by atomic mass is 10.1. The van der Waals surface area contributed by atoms with Crippen LogP contribution in [0.25, 0.3) is 0 Å². The van der Waals surface area contributed by atoms with E-state index in [0.717, 1.165) is 25.3 Å². The standard InChI is InChI=1S/C14H19NO/c16-14-9-12-8-13(14)15(10-12)7-6-11-4-2-1-3-5-11/h1-5,12-14,16H,6-10H2/t12-,13+,14-/m0/s1. The third-order valence-corrected chi connectivity index (χ3v) is 4.09. The predicted octanol–water partition coefficient (Wildman–Crippen LogP) is 1.68. The molecule has 3 rings (SSSR count). The Balaban J connectivity index is 1.57. The van der Waals surface area contributed by atoms with Crippen LogP contribution in [0.4, 0.5) is 0 Å². The molecule has 1 aromatic carbocycles. The van der Waals surface area contributed by atoms with Crippen molar-refractivity contribution in [2.24, 2.45) is 5.92 Å². The van der Waals surface area contributed by atoms with Crippen molar-refractivity contribution in [3.8, 4) is 0 Å². The smallest absolute Gasteiger partial charge is 0.0698 e. The van der Waals surface area contributed by atoms with Gasteiger partial charge in [0.15, 0.2) is 0 Å². The fourth-order valence-electron chi connectivity index (χ4n) is 3.28. The summed E-state index contributed by atoms with van der Waals surface area (Å²) in [4.78, 5) is 2.48. The van der Waals surface area contributed by atoms with Crippen molar-refractivity contribution in [3.63, 3.8) is 0 Å². The lowest BCUT2D eigenvalue weighted by Gasteiger charge is -2.30.